The number of nitrogens with zero attached hydrogens (tertiary/aromatic N) is 2. The summed E-state index contributed by atoms with van der Waals surface area (Å²) in [6.45, 7) is 4.00. The van der Waals surface area contributed by atoms with Gasteiger partial charge in [0.05, 0.1) is 5.56 Å². The van der Waals surface area contributed by atoms with Crippen LogP contribution in [0.3, 0.4) is 0 Å². The number of halogens is 1. The summed E-state index contributed by atoms with van der Waals surface area (Å²) in [5, 5.41) is 3.16. The largest absolute Gasteiger partial charge is 0.393 e. The third-order valence-electron chi connectivity index (χ3n) is 4.15. The third-order valence-corrected chi connectivity index (χ3v) is 4.15. The van der Waals surface area contributed by atoms with Crippen LogP contribution in [-0.4, -0.2) is 15.9 Å². The number of aryl methyl sites for hydroxylation is 1. The molecule has 0 aliphatic rings. The molecule has 0 saturated heterocycles. The Kier molecular flexibility index (Phi) is 5.16. The Bertz CT molecular complexity index is 992. The minimum Gasteiger partial charge on any atom is -0.393 e. The highest BCUT2D eigenvalue weighted by molar-refractivity contribution is 5.95. The lowest BCUT2D eigenvalue weighted by Gasteiger charge is -2.15. The maximum absolute atomic E-state index is 13.7. The number of nitrogens with one attached hydrogen (secondary N) is 3. The monoisotopic (exact) mass is 366 g/mol. The average molecular weight is 366 g/mol. The molecule has 0 fully saturated rings. The average Bonchev–Trinajstić information content (AvgIpc) is 2.66. The van der Waals surface area contributed by atoms with Gasteiger partial charge in [0.2, 0.25) is 0 Å². The van der Waals surface area contributed by atoms with Gasteiger partial charge in [-0.05, 0) is 43.2 Å². The van der Waals surface area contributed by atoms with Crippen molar-refractivity contribution in [1.29, 1.82) is 0 Å². The predicted molar refractivity (Wildman–Crippen MR) is 103 cm³/mol. The number of hydrazine groups is 1. The summed E-state index contributed by atoms with van der Waals surface area (Å²) in [6.07, 6.45) is 1.31. The van der Waals surface area contributed by atoms with Gasteiger partial charge in [-0.3, -0.25) is 15.6 Å². The SMILES string of the molecule is Cc1cccc(Nc2ncnc(NNC(=O)c3ccccc3F)c2N)c1C. The van der Waals surface area contributed by atoms with Gasteiger partial charge in [-0.1, -0.05) is 24.3 Å². The van der Waals surface area contributed by atoms with Crippen molar-refractivity contribution < 1.29 is 9.18 Å². The minimum atomic E-state index is -0.643. The number of carbonyl (C=O) groups is 1. The van der Waals surface area contributed by atoms with E-state index >= 15 is 0 Å². The van der Waals surface area contributed by atoms with E-state index in [4.69, 9.17) is 5.73 Å². The smallest absolute Gasteiger partial charge is 0.272 e. The van der Waals surface area contributed by atoms with Crippen molar-refractivity contribution >= 4 is 28.9 Å². The molecule has 2 aromatic carbocycles. The molecule has 0 spiro atoms. The summed E-state index contributed by atoms with van der Waals surface area (Å²) in [7, 11) is 0. The van der Waals surface area contributed by atoms with Gasteiger partial charge < -0.3 is 11.1 Å². The summed E-state index contributed by atoms with van der Waals surface area (Å²) < 4.78 is 13.7. The zero-order valence-electron chi connectivity index (χ0n) is 14.9. The van der Waals surface area contributed by atoms with Crippen molar-refractivity contribution in [3.05, 3.63) is 71.3 Å². The highest BCUT2D eigenvalue weighted by Crippen LogP contribution is 2.27. The summed E-state index contributed by atoms with van der Waals surface area (Å²) in [4.78, 5) is 20.3. The van der Waals surface area contributed by atoms with E-state index in [1.165, 1.54) is 24.5 Å². The molecular weight excluding hydrogens is 347 g/mol. The molecule has 1 amide bonds. The van der Waals surface area contributed by atoms with Crippen LogP contribution in [0.5, 0.6) is 0 Å². The van der Waals surface area contributed by atoms with Gasteiger partial charge in [-0.15, -0.1) is 0 Å². The van der Waals surface area contributed by atoms with Gasteiger partial charge in [0, 0.05) is 5.69 Å². The molecule has 7 nitrogen and oxygen atoms in total. The second-order valence-corrected chi connectivity index (χ2v) is 5.92. The summed E-state index contributed by atoms with van der Waals surface area (Å²) in [6, 6.07) is 11.5. The topological polar surface area (TPSA) is 105 Å². The molecule has 0 aliphatic heterocycles. The Balaban J connectivity index is 1.76. The second kappa shape index (κ2) is 7.69. The Hall–Kier alpha value is -3.68. The van der Waals surface area contributed by atoms with Gasteiger partial charge in [-0.2, -0.15) is 0 Å². The lowest BCUT2D eigenvalue weighted by molar-refractivity contribution is 0.0958. The fourth-order valence-corrected chi connectivity index (χ4v) is 2.44. The molecule has 5 N–H and O–H groups in total. The first-order valence-electron chi connectivity index (χ1n) is 8.22. The van der Waals surface area contributed by atoms with Gasteiger partial charge >= 0.3 is 0 Å². The van der Waals surface area contributed by atoms with Crippen molar-refractivity contribution in [2.24, 2.45) is 0 Å². The van der Waals surface area contributed by atoms with Crippen LogP contribution in [-0.2, 0) is 0 Å². The van der Waals surface area contributed by atoms with E-state index < -0.39 is 11.7 Å². The second-order valence-electron chi connectivity index (χ2n) is 5.92. The number of hydrogen-bond acceptors (Lipinski definition) is 6. The number of aromatic nitrogens is 2. The Morgan fingerprint density at radius 3 is 2.56 bits per heavy atom. The van der Waals surface area contributed by atoms with Gasteiger partial charge in [-0.25, -0.2) is 14.4 Å². The van der Waals surface area contributed by atoms with Crippen LogP contribution in [0.1, 0.15) is 21.5 Å². The molecule has 8 heteroatoms. The van der Waals surface area contributed by atoms with E-state index in [2.05, 4.69) is 26.1 Å². The molecule has 1 aromatic heterocycles. The number of anilines is 4. The first-order valence-corrected chi connectivity index (χ1v) is 8.22. The molecule has 0 saturated carbocycles. The van der Waals surface area contributed by atoms with Crippen LogP contribution in [0, 0.1) is 19.7 Å². The third kappa shape index (κ3) is 3.95. The number of nitrogens with two attached hydrogens (primary N) is 1. The number of benzene rings is 2. The van der Waals surface area contributed by atoms with E-state index in [9.17, 15) is 9.18 Å². The van der Waals surface area contributed by atoms with Gasteiger partial charge in [0.15, 0.2) is 11.6 Å². The van der Waals surface area contributed by atoms with Crippen LogP contribution in [0.25, 0.3) is 0 Å². The number of carbonyl (C=O) groups excluding carboxylic acids is 1. The van der Waals surface area contributed by atoms with E-state index in [1.807, 2.05) is 32.0 Å². The first kappa shape index (κ1) is 18.1. The van der Waals surface area contributed by atoms with Crippen molar-refractivity contribution in [2.45, 2.75) is 13.8 Å². The quantitative estimate of drug-likeness (QED) is 0.516. The van der Waals surface area contributed by atoms with Crippen molar-refractivity contribution in [3.8, 4) is 0 Å². The van der Waals surface area contributed by atoms with Crippen molar-refractivity contribution in [1.82, 2.24) is 15.4 Å². The van der Waals surface area contributed by atoms with E-state index in [0.717, 1.165) is 16.8 Å². The number of amides is 1. The Morgan fingerprint density at radius 1 is 1.04 bits per heavy atom. The molecule has 0 atom stereocenters. The molecule has 138 valence electrons. The minimum absolute atomic E-state index is 0.0913. The zero-order valence-corrected chi connectivity index (χ0v) is 14.9. The normalized spacial score (nSPS) is 10.3. The maximum atomic E-state index is 13.7. The molecule has 3 rings (SSSR count). The standard InChI is InChI=1S/C19H19FN6O/c1-11-6-5-9-15(12(11)2)24-17-16(21)18(23-10-22-17)25-26-19(27)13-7-3-4-8-14(13)20/h3-10H,21H2,1-2H3,(H,26,27)(H2,22,23,24,25). The van der Waals surface area contributed by atoms with Crippen LogP contribution < -0.4 is 21.9 Å². The van der Waals surface area contributed by atoms with E-state index in [1.54, 1.807) is 6.07 Å². The number of nitrogen functional groups attached to an aromatic ring is 1. The molecule has 0 aliphatic carbocycles. The molecule has 27 heavy (non-hydrogen) atoms. The molecule has 0 radical (unpaired) electrons. The fraction of sp³-hybridized carbons (Fsp3) is 0.105. The Morgan fingerprint density at radius 2 is 1.78 bits per heavy atom. The molecule has 1 heterocycles. The first-order chi connectivity index (χ1) is 13.0. The molecule has 0 unspecified atom stereocenters. The van der Waals surface area contributed by atoms with Crippen molar-refractivity contribution in [3.63, 3.8) is 0 Å². The zero-order chi connectivity index (χ0) is 19.4. The van der Waals surface area contributed by atoms with E-state index in [-0.39, 0.29) is 17.1 Å². The van der Waals surface area contributed by atoms with Crippen LogP contribution in [0.15, 0.2) is 48.8 Å². The van der Waals surface area contributed by atoms with Crippen LogP contribution in [0.2, 0.25) is 0 Å². The molecular formula is C19H19FN6O. The molecule has 3 aromatic rings. The van der Waals surface area contributed by atoms with Crippen molar-refractivity contribution in [2.75, 3.05) is 16.5 Å². The summed E-state index contributed by atoms with van der Waals surface area (Å²) in [5.41, 5.74) is 14.3. The molecule has 0 bridgehead atoms. The predicted octanol–water partition coefficient (Wildman–Crippen LogP) is 3.32. The van der Waals surface area contributed by atoms with Crippen LogP contribution >= 0.6 is 0 Å². The number of rotatable bonds is 5. The van der Waals surface area contributed by atoms with Crippen LogP contribution in [0.4, 0.5) is 27.4 Å². The number of hydrogen-bond donors (Lipinski definition) is 4. The Labute approximate surface area is 155 Å². The highest BCUT2D eigenvalue weighted by Gasteiger charge is 2.13. The fourth-order valence-electron chi connectivity index (χ4n) is 2.44. The lowest BCUT2D eigenvalue weighted by atomic mass is 10.1. The maximum Gasteiger partial charge on any atom is 0.272 e. The van der Waals surface area contributed by atoms with E-state index in [0.29, 0.717) is 5.82 Å². The van der Waals surface area contributed by atoms with Gasteiger partial charge in [0.25, 0.3) is 5.91 Å². The van der Waals surface area contributed by atoms with Gasteiger partial charge in [0.1, 0.15) is 17.8 Å². The highest BCUT2D eigenvalue weighted by atomic mass is 19.1. The summed E-state index contributed by atoms with van der Waals surface area (Å²) in [5.74, 6) is -0.677. The summed E-state index contributed by atoms with van der Waals surface area (Å²) >= 11 is 0. The lowest BCUT2D eigenvalue weighted by Crippen LogP contribution is -2.31.